The number of thioether (sulfide) groups is 1. The van der Waals surface area contributed by atoms with Gasteiger partial charge in [-0.3, -0.25) is 0 Å². The van der Waals surface area contributed by atoms with E-state index in [0.717, 1.165) is 11.3 Å². The van der Waals surface area contributed by atoms with Crippen LogP contribution in [-0.4, -0.2) is 29.3 Å². The Labute approximate surface area is 115 Å². The monoisotopic (exact) mass is 279 g/mol. The molecule has 0 saturated carbocycles. The topological polar surface area (TPSA) is 75.7 Å². The predicted octanol–water partition coefficient (Wildman–Crippen LogP) is 0.964. The van der Waals surface area contributed by atoms with E-state index in [-0.39, 0.29) is 0 Å². The van der Waals surface area contributed by atoms with E-state index >= 15 is 0 Å². The van der Waals surface area contributed by atoms with Gasteiger partial charge in [0, 0.05) is 5.75 Å². The summed E-state index contributed by atoms with van der Waals surface area (Å²) in [5.41, 5.74) is 2.04. The van der Waals surface area contributed by atoms with Crippen LogP contribution in [0.4, 0.5) is 0 Å². The molecule has 0 aliphatic heterocycles. The van der Waals surface area contributed by atoms with E-state index in [1.165, 1.54) is 11.8 Å². The summed E-state index contributed by atoms with van der Waals surface area (Å²) in [4.78, 5) is 4.18. The Hall–Kier alpha value is -1.44. The van der Waals surface area contributed by atoms with E-state index in [1.54, 1.807) is 31.6 Å². The van der Waals surface area contributed by atoms with Crippen LogP contribution in [-0.2, 0) is 5.75 Å². The van der Waals surface area contributed by atoms with Crippen LogP contribution in [0.3, 0.4) is 0 Å². The van der Waals surface area contributed by atoms with E-state index in [1.807, 2.05) is 6.92 Å². The average molecular weight is 279 g/mol. The molecule has 0 aliphatic carbocycles. The summed E-state index contributed by atoms with van der Waals surface area (Å²) in [5, 5.41) is 19.2. The summed E-state index contributed by atoms with van der Waals surface area (Å²) in [7, 11) is 0.0615. The molecule has 5 nitrogen and oxygen atoms in total. The van der Waals surface area contributed by atoms with Crippen LogP contribution in [0.5, 0.6) is 5.75 Å². The van der Waals surface area contributed by atoms with Gasteiger partial charge in [0.2, 0.25) is 0 Å². The van der Waals surface area contributed by atoms with Gasteiger partial charge in [0.15, 0.2) is 0 Å². The first-order valence-corrected chi connectivity index (χ1v) is 6.66. The molecule has 19 heavy (non-hydrogen) atoms. The molecule has 1 heterocycles. The number of ether oxygens (including phenoxy) is 1. The largest absolute Gasteiger partial charge is 0.497 e. The summed E-state index contributed by atoms with van der Waals surface area (Å²) < 4.78 is 10.4. The Kier molecular flexibility index (Phi) is 4.52. The van der Waals surface area contributed by atoms with Crippen LogP contribution >= 0.6 is 11.8 Å². The minimum atomic E-state index is -1.51. The van der Waals surface area contributed by atoms with Gasteiger partial charge in [0.05, 0.1) is 12.8 Å². The third kappa shape index (κ3) is 3.53. The maximum Gasteiger partial charge on any atom is 0.488 e. The third-order valence-corrected chi connectivity index (χ3v) is 3.47. The maximum atomic E-state index is 9.34. The first-order valence-electron chi connectivity index (χ1n) is 5.68. The van der Waals surface area contributed by atoms with Gasteiger partial charge in [0.25, 0.3) is 5.22 Å². The molecular weight excluding hydrogens is 265 g/mol. The molecular formula is C12H14BNO4S. The Morgan fingerprint density at radius 2 is 2.21 bits per heavy atom. The Bertz CT molecular complexity index is 558. The molecule has 2 aromatic rings. The normalized spacial score (nSPS) is 10.5. The second-order valence-corrected chi connectivity index (χ2v) is 4.91. The summed E-state index contributed by atoms with van der Waals surface area (Å²) in [6, 6.07) is 5.11. The predicted molar refractivity (Wildman–Crippen MR) is 73.6 cm³/mol. The van der Waals surface area contributed by atoms with Gasteiger partial charge in [-0.15, -0.1) is 0 Å². The van der Waals surface area contributed by atoms with Crippen molar-refractivity contribution >= 4 is 24.3 Å². The van der Waals surface area contributed by atoms with Gasteiger partial charge >= 0.3 is 7.12 Å². The molecule has 0 atom stereocenters. The molecule has 1 aromatic carbocycles. The van der Waals surface area contributed by atoms with E-state index in [0.29, 0.717) is 22.2 Å². The molecule has 0 saturated heterocycles. The van der Waals surface area contributed by atoms with Crippen molar-refractivity contribution < 1.29 is 19.2 Å². The number of oxazole rings is 1. The zero-order chi connectivity index (χ0) is 13.8. The lowest BCUT2D eigenvalue weighted by atomic mass is 9.77. The van der Waals surface area contributed by atoms with E-state index in [9.17, 15) is 10.0 Å². The van der Waals surface area contributed by atoms with Gasteiger partial charge in [-0.05, 0) is 30.1 Å². The van der Waals surface area contributed by atoms with Crippen molar-refractivity contribution in [3.8, 4) is 5.75 Å². The SMILES string of the molecule is COc1ccc(B(O)O)c(CSc2nc(C)co2)c1. The van der Waals surface area contributed by atoms with Crippen molar-refractivity contribution in [3.63, 3.8) is 0 Å². The molecule has 0 fully saturated rings. The van der Waals surface area contributed by atoms with Crippen molar-refractivity contribution in [1.29, 1.82) is 0 Å². The number of aryl methyl sites for hydroxylation is 1. The van der Waals surface area contributed by atoms with E-state index in [2.05, 4.69) is 4.98 Å². The summed E-state index contributed by atoms with van der Waals surface area (Å²) in [6.07, 6.45) is 1.58. The molecule has 0 radical (unpaired) electrons. The highest BCUT2D eigenvalue weighted by Gasteiger charge is 2.17. The molecule has 0 aliphatic rings. The molecule has 0 amide bonds. The van der Waals surface area contributed by atoms with E-state index in [4.69, 9.17) is 9.15 Å². The Balaban J connectivity index is 2.17. The van der Waals surface area contributed by atoms with Crippen molar-refractivity contribution in [2.45, 2.75) is 17.9 Å². The summed E-state index contributed by atoms with van der Waals surface area (Å²) >= 11 is 1.39. The minimum absolute atomic E-state index is 0.455. The van der Waals surface area contributed by atoms with Crippen LogP contribution in [0.15, 0.2) is 34.1 Å². The highest BCUT2D eigenvalue weighted by Crippen LogP contribution is 2.23. The van der Waals surface area contributed by atoms with Crippen LogP contribution in [0.1, 0.15) is 11.3 Å². The van der Waals surface area contributed by atoms with Gasteiger partial charge in [-0.1, -0.05) is 17.8 Å². The molecule has 100 valence electrons. The lowest BCUT2D eigenvalue weighted by Gasteiger charge is -2.09. The van der Waals surface area contributed by atoms with Crippen molar-refractivity contribution in [2.75, 3.05) is 7.11 Å². The molecule has 0 bridgehead atoms. The highest BCUT2D eigenvalue weighted by atomic mass is 32.2. The van der Waals surface area contributed by atoms with Crippen LogP contribution in [0, 0.1) is 6.92 Å². The zero-order valence-electron chi connectivity index (χ0n) is 10.7. The van der Waals surface area contributed by atoms with E-state index < -0.39 is 7.12 Å². The fourth-order valence-corrected chi connectivity index (χ4v) is 2.48. The van der Waals surface area contributed by atoms with Gasteiger partial charge in [-0.25, -0.2) is 4.98 Å². The molecule has 0 unspecified atom stereocenters. The van der Waals surface area contributed by atoms with Gasteiger partial charge in [0.1, 0.15) is 12.0 Å². The van der Waals surface area contributed by atoms with Crippen molar-refractivity contribution in [2.24, 2.45) is 0 Å². The Morgan fingerprint density at radius 3 is 2.79 bits per heavy atom. The standard InChI is InChI=1S/C12H14BNO4S/c1-8-6-18-12(14-8)19-7-9-5-10(17-2)3-4-11(9)13(15)16/h3-6,15-16H,7H2,1-2H3. The van der Waals surface area contributed by atoms with Crippen molar-refractivity contribution in [3.05, 3.63) is 35.7 Å². The van der Waals surface area contributed by atoms with Crippen LogP contribution < -0.4 is 10.2 Å². The first kappa shape index (κ1) is 14.0. The fraction of sp³-hybridized carbons (Fsp3) is 0.250. The molecule has 0 spiro atoms. The maximum absolute atomic E-state index is 9.34. The van der Waals surface area contributed by atoms with Gasteiger partial charge < -0.3 is 19.2 Å². The van der Waals surface area contributed by atoms with Crippen LogP contribution in [0.25, 0.3) is 0 Å². The van der Waals surface area contributed by atoms with Crippen LogP contribution in [0.2, 0.25) is 0 Å². The number of hydrogen-bond acceptors (Lipinski definition) is 6. The summed E-state index contributed by atoms with van der Waals surface area (Å²) in [6.45, 7) is 1.85. The highest BCUT2D eigenvalue weighted by molar-refractivity contribution is 7.98. The quantitative estimate of drug-likeness (QED) is 0.627. The van der Waals surface area contributed by atoms with Gasteiger partial charge in [-0.2, -0.15) is 0 Å². The number of hydrogen-bond donors (Lipinski definition) is 2. The Morgan fingerprint density at radius 1 is 1.42 bits per heavy atom. The molecule has 7 heteroatoms. The first-order chi connectivity index (χ1) is 9.10. The molecule has 1 aromatic heterocycles. The number of methoxy groups -OCH3 is 1. The molecule has 2 N–H and O–H groups in total. The number of benzene rings is 1. The lowest BCUT2D eigenvalue weighted by molar-refractivity contribution is 0.413. The second kappa shape index (κ2) is 6.14. The number of aromatic nitrogens is 1. The zero-order valence-corrected chi connectivity index (χ0v) is 11.5. The number of rotatable bonds is 5. The average Bonchev–Trinajstić information content (AvgIpc) is 2.81. The minimum Gasteiger partial charge on any atom is -0.497 e. The van der Waals surface area contributed by atoms with Crippen molar-refractivity contribution in [1.82, 2.24) is 4.98 Å². The summed E-state index contributed by atoms with van der Waals surface area (Å²) in [5.74, 6) is 1.19. The molecule has 2 rings (SSSR count). The second-order valence-electron chi connectivity index (χ2n) is 3.98. The number of nitrogens with zero attached hydrogens (tertiary/aromatic N) is 1. The smallest absolute Gasteiger partial charge is 0.488 e. The lowest BCUT2D eigenvalue weighted by Crippen LogP contribution is -2.32. The fourth-order valence-electron chi connectivity index (χ4n) is 1.62. The third-order valence-electron chi connectivity index (χ3n) is 2.58.